The van der Waals surface area contributed by atoms with Crippen molar-refractivity contribution < 1.29 is 23.9 Å². The maximum Gasteiger partial charge on any atom is 0.416 e. The molecule has 4 rings (SSSR count). The third-order valence-electron chi connectivity index (χ3n) is 6.98. The average molecular weight is 575 g/mol. The molecule has 1 aliphatic heterocycles. The highest BCUT2D eigenvalue weighted by Gasteiger charge is 2.39. The third-order valence-corrected chi connectivity index (χ3v) is 6.98. The van der Waals surface area contributed by atoms with Gasteiger partial charge in [0.2, 0.25) is 23.6 Å². The zero-order chi connectivity index (χ0) is 30.4. The van der Waals surface area contributed by atoms with Gasteiger partial charge in [-0.05, 0) is 30.0 Å². The third kappa shape index (κ3) is 7.34. The van der Waals surface area contributed by atoms with E-state index >= 15 is 0 Å². The summed E-state index contributed by atoms with van der Waals surface area (Å²) < 4.78 is 7.28. The molecule has 1 aliphatic rings. The number of nitrogens with zero attached hydrogens (tertiary/aromatic N) is 4. The minimum absolute atomic E-state index is 0.253. The van der Waals surface area contributed by atoms with E-state index in [-0.39, 0.29) is 38.0 Å². The van der Waals surface area contributed by atoms with Crippen LogP contribution in [0.2, 0.25) is 0 Å². The Balaban J connectivity index is 1.41. The van der Waals surface area contributed by atoms with Crippen molar-refractivity contribution in [1.29, 1.82) is 0 Å². The first-order valence-corrected chi connectivity index (χ1v) is 13.9. The van der Waals surface area contributed by atoms with Crippen LogP contribution in [0.1, 0.15) is 45.0 Å². The van der Waals surface area contributed by atoms with Crippen molar-refractivity contribution in [2.45, 2.75) is 46.7 Å². The predicted molar refractivity (Wildman–Crippen MR) is 157 cm³/mol. The standard InChI is InChI=1S/C31H38N6O5/c1-21-20-25(37(34-21)24-14-10-7-11-15-24)42-30(41)36-18-16-35(17-19-36)29(40)27(31(3,4)5)33-28(39)26(32-22(2)38)23-12-8-6-9-13-23/h6-15,20,26-27H,16-19H2,1-5H3,(H,32,38)(H,33,39)/t26-,27+/m0/s1. The molecule has 1 aromatic heterocycles. The summed E-state index contributed by atoms with van der Waals surface area (Å²) in [5, 5.41) is 10.0. The van der Waals surface area contributed by atoms with Crippen molar-refractivity contribution in [2.24, 2.45) is 5.41 Å². The Morgan fingerprint density at radius 1 is 0.857 bits per heavy atom. The molecule has 2 atom stereocenters. The lowest BCUT2D eigenvalue weighted by Crippen LogP contribution is -2.60. The lowest BCUT2D eigenvalue weighted by Gasteiger charge is -2.39. The largest absolute Gasteiger partial charge is 0.416 e. The molecule has 11 heteroatoms. The van der Waals surface area contributed by atoms with Crippen LogP contribution < -0.4 is 15.4 Å². The molecule has 0 spiro atoms. The van der Waals surface area contributed by atoms with E-state index in [0.29, 0.717) is 17.1 Å². The lowest BCUT2D eigenvalue weighted by atomic mass is 9.85. The van der Waals surface area contributed by atoms with Crippen molar-refractivity contribution in [2.75, 3.05) is 26.2 Å². The number of nitrogens with one attached hydrogen (secondary N) is 2. The summed E-state index contributed by atoms with van der Waals surface area (Å²) in [6, 6.07) is 18.2. The van der Waals surface area contributed by atoms with Gasteiger partial charge >= 0.3 is 6.09 Å². The van der Waals surface area contributed by atoms with Crippen molar-refractivity contribution >= 4 is 23.8 Å². The quantitative estimate of drug-likeness (QED) is 0.446. The van der Waals surface area contributed by atoms with Gasteiger partial charge in [-0.3, -0.25) is 14.4 Å². The molecule has 11 nitrogen and oxygen atoms in total. The van der Waals surface area contributed by atoms with E-state index in [2.05, 4.69) is 15.7 Å². The Labute approximate surface area is 245 Å². The molecule has 1 saturated heterocycles. The Morgan fingerprint density at radius 3 is 2.00 bits per heavy atom. The fourth-order valence-electron chi connectivity index (χ4n) is 4.77. The van der Waals surface area contributed by atoms with Gasteiger partial charge in [-0.1, -0.05) is 69.3 Å². The highest BCUT2D eigenvalue weighted by atomic mass is 16.6. The summed E-state index contributed by atoms with van der Waals surface area (Å²) in [4.78, 5) is 55.2. The van der Waals surface area contributed by atoms with E-state index in [1.54, 1.807) is 44.8 Å². The fourth-order valence-corrected chi connectivity index (χ4v) is 4.77. The smallest absolute Gasteiger partial charge is 0.391 e. The molecule has 0 bridgehead atoms. The number of benzene rings is 2. The van der Waals surface area contributed by atoms with Crippen LogP contribution >= 0.6 is 0 Å². The van der Waals surface area contributed by atoms with Gasteiger partial charge in [0, 0.05) is 39.2 Å². The summed E-state index contributed by atoms with van der Waals surface area (Å²) in [6.45, 7) is 9.88. The van der Waals surface area contributed by atoms with E-state index in [1.807, 2.05) is 64.1 Å². The van der Waals surface area contributed by atoms with E-state index < -0.39 is 29.5 Å². The van der Waals surface area contributed by atoms with Gasteiger partial charge in [0.05, 0.1) is 11.4 Å². The van der Waals surface area contributed by atoms with Crippen LogP contribution in [-0.4, -0.2) is 75.6 Å². The number of carbonyl (C=O) groups is 4. The number of aryl methyl sites for hydroxylation is 1. The van der Waals surface area contributed by atoms with E-state index in [1.165, 1.54) is 6.92 Å². The highest BCUT2D eigenvalue weighted by Crippen LogP contribution is 2.24. The minimum atomic E-state index is -0.944. The van der Waals surface area contributed by atoms with Gasteiger partial charge in [0.15, 0.2) is 0 Å². The monoisotopic (exact) mass is 574 g/mol. The molecule has 0 unspecified atom stereocenters. The van der Waals surface area contributed by atoms with Crippen LogP contribution in [0.4, 0.5) is 4.79 Å². The molecule has 42 heavy (non-hydrogen) atoms. The molecule has 222 valence electrons. The predicted octanol–water partition coefficient (Wildman–Crippen LogP) is 3.23. The molecule has 2 N–H and O–H groups in total. The van der Waals surface area contributed by atoms with Crippen molar-refractivity contribution in [3.05, 3.63) is 78.0 Å². The first-order chi connectivity index (χ1) is 19.9. The van der Waals surface area contributed by atoms with Crippen LogP contribution in [0.5, 0.6) is 5.88 Å². The van der Waals surface area contributed by atoms with Gasteiger partial charge < -0.3 is 25.2 Å². The van der Waals surface area contributed by atoms with E-state index in [0.717, 1.165) is 5.69 Å². The molecule has 0 radical (unpaired) electrons. The molecule has 0 aliphatic carbocycles. The Hall–Kier alpha value is -4.67. The first kappa shape index (κ1) is 30.3. The number of carbonyl (C=O) groups excluding carboxylic acids is 4. The molecule has 2 aromatic carbocycles. The van der Waals surface area contributed by atoms with Crippen LogP contribution in [-0.2, 0) is 14.4 Å². The van der Waals surface area contributed by atoms with E-state index in [4.69, 9.17) is 4.74 Å². The Kier molecular flexibility index (Phi) is 9.29. The zero-order valence-electron chi connectivity index (χ0n) is 24.7. The zero-order valence-corrected chi connectivity index (χ0v) is 24.7. The van der Waals surface area contributed by atoms with Crippen LogP contribution in [0.15, 0.2) is 66.7 Å². The van der Waals surface area contributed by atoms with Gasteiger partial charge in [-0.2, -0.15) is 5.10 Å². The van der Waals surface area contributed by atoms with Crippen LogP contribution in [0, 0.1) is 12.3 Å². The second-order valence-corrected chi connectivity index (χ2v) is 11.4. The molecule has 4 amide bonds. The molecular formula is C31H38N6O5. The van der Waals surface area contributed by atoms with Gasteiger partial charge in [-0.15, -0.1) is 0 Å². The van der Waals surface area contributed by atoms with Crippen molar-refractivity contribution in [1.82, 2.24) is 30.2 Å². The number of amides is 4. The minimum Gasteiger partial charge on any atom is -0.391 e. The Bertz CT molecular complexity index is 1410. The average Bonchev–Trinajstić information content (AvgIpc) is 3.34. The molecule has 1 fully saturated rings. The summed E-state index contributed by atoms with van der Waals surface area (Å²) >= 11 is 0. The highest BCUT2D eigenvalue weighted by molar-refractivity contribution is 5.93. The summed E-state index contributed by atoms with van der Waals surface area (Å²) in [5.41, 5.74) is 1.47. The number of rotatable bonds is 7. The number of ether oxygens (including phenoxy) is 1. The maximum absolute atomic E-state index is 13.7. The molecule has 3 aromatic rings. The van der Waals surface area contributed by atoms with Crippen molar-refractivity contribution in [3.8, 4) is 11.6 Å². The number of piperazine rings is 1. The first-order valence-electron chi connectivity index (χ1n) is 13.9. The number of hydrogen-bond acceptors (Lipinski definition) is 6. The van der Waals surface area contributed by atoms with Gasteiger partial charge in [0.1, 0.15) is 12.1 Å². The molecule has 0 saturated carbocycles. The van der Waals surface area contributed by atoms with Gasteiger partial charge in [0.25, 0.3) is 0 Å². The lowest BCUT2D eigenvalue weighted by molar-refractivity contribution is -0.141. The van der Waals surface area contributed by atoms with Crippen molar-refractivity contribution in [3.63, 3.8) is 0 Å². The Morgan fingerprint density at radius 2 is 1.43 bits per heavy atom. The second kappa shape index (κ2) is 12.9. The molecular weight excluding hydrogens is 536 g/mol. The second-order valence-electron chi connectivity index (χ2n) is 11.4. The normalized spacial score (nSPS) is 15.0. The van der Waals surface area contributed by atoms with Crippen LogP contribution in [0.25, 0.3) is 5.69 Å². The molecule has 2 heterocycles. The maximum atomic E-state index is 13.7. The summed E-state index contributed by atoms with van der Waals surface area (Å²) in [5.74, 6) is -0.777. The fraction of sp³-hybridized carbons (Fsp3) is 0.387. The van der Waals surface area contributed by atoms with Crippen LogP contribution in [0.3, 0.4) is 0 Å². The summed E-state index contributed by atoms with van der Waals surface area (Å²) in [6.07, 6.45) is -0.527. The SMILES string of the molecule is CC(=O)N[C@H](C(=O)N[C@H](C(=O)N1CCN(C(=O)Oc2cc(C)nn2-c2ccccc2)CC1)C(C)(C)C)c1ccccc1. The number of para-hydroxylation sites is 1. The number of hydrogen-bond donors (Lipinski definition) is 2. The van der Waals surface area contributed by atoms with E-state index in [9.17, 15) is 19.2 Å². The summed E-state index contributed by atoms with van der Waals surface area (Å²) in [7, 11) is 0. The van der Waals surface area contributed by atoms with Gasteiger partial charge in [-0.25, -0.2) is 9.48 Å². The number of aromatic nitrogens is 2. The topological polar surface area (TPSA) is 126 Å².